The topological polar surface area (TPSA) is 134 Å². The number of hydrogen-bond donors (Lipinski definition) is 3. The number of hydrazone groups is 1. The van der Waals surface area contributed by atoms with Gasteiger partial charge in [-0.15, -0.1) is 0 Å². The smallest absolute Gasteiger partial charge is 0.311 e. The SMILES string of the molecule is O=C(CNC(=O)c1ccc(Br)cc1)NN=Cc1ccc(O)c([N+](=O)[O-])c1. The summed E-state index contributed by atoms with van der Waals surface area (Å²) in [7, 11) is 0. The summed E-state index contributed by atoms with van der Waals surface area (Å²) >= 11 is 3.26. The van der Waals surface area contributed by atoms with Crippen molar-refractivity contribution in [1.82, 2.24) is 10.7 Å². The van der Waals surface area contributed by atoms with Gasteiger partial charge in [-0.3, -0.25) is 19.7 Å². The first-order valence-electron chi connectivity index (χ1n) is 7.20. The van der Waals surface area contributed by atoms with Crippen LogP contribution in [0.1, 0.15) is 15.9 Å². The third-order valence-electron chi connectivity index (χ3n) is 3.11. The van der Waals surface area contributed by atoms with Crippen molar-refractivity contribution in [2.24, 2.45) is 5.10 Å². The highest BCUT2D eigenvalue weighted by Crippen LogP contribution is 2.25. The Kier molecular flexibility index (Phi) is 6.39. The zero-order valence-electron chi connectivity index (χ0n) is 13.2. The molecular weight excluding hydrogens is 408 g/mol. The Morgan fingerprint density at radius 3 is 2.58 bits per heavy atom. The van der Waals surface area contributed by atoms with E-state index in [1.54, 1.807) is 24.3 Å². The van der Waals surface area contributed by atoms with Crippen molar-refractivity contribution in [2.45, 2.75) is 0 Å². The minimum atomic E-state index is -0.733. The molecule has 10 heteroatoms. The lowest BCUT2D eigenvalue weighted by Gasteiger charge is -2.04. The van der Waals surface area contributed by atoms with Crippen LogP contribution in [0.5, 0.6) is 5.75 Å². The number of nitro benzene ring substituents is 1. The number of carbonyl (C=O) groups is 2. The Morgan fingerprint density at radius 2 is 1.92 bits per heavy atom. The maximum absolute atomic E-state index is 11.9. The zero-order valence-corrected chi connectivity index (χ0v) is 14.8. The standard InChI is InChI=1S/C16H13BrN4O5/c17-12-4-2-11(3-5-12)16(24)18-9-15(23)20-19-8-10-1-6-14(22)13(7-10)21(25)26/h1-8,22H,9H2,(H,18,24)(H,20,23). The van der Waals surface area contributed by atoms with Crippen molar-refractivity contribution >= 4 is 39.6 Å². The normalized spacial score (nSPS) is 10.5. The fraction of sp³-hybridized carbons (Fsp3) is 0.0625. The number of rotatable bonds is 6. The molecule has 0 saturated carbocycles. The molecule has 0 atom stereocenters. The minimum absolute atomic E-state index is 0.290. The second-order valence-electron chi connectivity index (χ2n) is 4.99. The summed E-state index contributed by atoms with van der Waals surface area (Å²) in [6.07, 6.45) is 1.18. The molecule has 0 aromatic heterocycles. The van der Waals surface area contributed by atoms with E-state index in [1.165, 1.54) is 12.3 Å². The van der Waals surface area contributed by atoms with Gasteiger partial charge >= 0.3 is 5.69 Å². The Bertz CT molecular complexity index is 867. The van der Waals surface area contributed by atoms with Crippen molar-refractivity contribution in [3.05, 3.63) is 68.2 Å². The van der Waals surface area contributed by atoms with Gasteiger partial charge in [-0.05, 0) is 36.4 Å². The summed E-state index contributed by atoms with van der Waals surface area (Å²) in [6.45, 7) is -0.290. The van der Waals surface area contributed by atoms with Gasteiger partial charge in [0.25, 0.3) is 11.8 Å². The number of nitro groups is 1. The van der Waals surface area contributed by atoms with E-state index in [0.29, 0.717) is 11.1 Å². The summed E-state index contributed by atoms with van der Waals surface area (Å²) in [6, 6.07) is 10.3. The molecule has 0 aliphatic carbocycles. The van der Waals surface area contributed by atoms with Crippen LogP contribution in [-0.2, 0) is 4.79 Å². The molecule has 0 radical (unpaired) electrons. The van der Waals surface area contributed by atoms with E-state index in [0.717, 1.165) is 16.6 Å². The number of halogens is 1. The Labute approximate surface area is 156 Å². The largest absolute Gasteiger partial charge is 0.502 e. The van der Waals surface area contributed by atoms with Crippen LogP contribution in [0.2, 0.25) is 0 Å². The monoisotopic (exact) mass is 420 g/mol. The van der Waals surface area contributed by atoms with Crippen LogP contribution >= 0.6 is 15.9 Å². The number of nitrogens with zero attached hydrogens (tertiary/aromatic N) is 2. The molecule has 3 N–H and O–H groups in total. The second kappa shape index (κ2) is 8.72. The van der Waals surface area contributed by atoms with Gasteiger partial charge in [0, 0.05) is 21.7 Å². The second-order valence-corrected chi connectivity index (χ2v) is 5.90. The summed E-state index contributed by atoms with van der Waals surface area (Å²) in [5, 5.41) is 26.2. The lowest BCUT2D eigenvalue weighted by molar-refractivity contribution is -0.385. The van der Waals surface area contributed by atoms with Crippen LogP contribution in [0.4, 0.5) is 5.69 Å². The van der Waals surface area contributed by atoms with Crippen molar-refractivity contribution in [3.63, 3.8) is 0 Å². The molecule has 0 fully saturated rings. The van der Waals surface area contributed by atoms with Crippen molar-refractivity contribution < 1.29 is 19.6 Å². The maximum atomic E-state index is 11.9. The van der Waals surface area contributed by atoms with Crippen molar-refractivity contribution in [2.75, 3.05) is 6.54 Å². The molecule has 26 heavy (non-hydrogen) atoms. The summed E-state index contributed by atoms with van der Waals surface area (Å²) in [4.78, 5) is 33.5. The van der Waals surface area contributed by atoms with E-state index in [-0.39, 0.29) is 6.54 Å². The molecule has 2 aromatic rings. The van der Waals surface area contributed by atoms with Crippen LogP contribution in [0.25, 0.3) is 0 Å². The highest BCUT2D eigenvalue weighted by molar-refractivity contribution is 9.10. The van der Waals surface area contributed by atoms with Gasteiger partial charge in [0.2, 0.25) is 0 Å². The number of amides is 2. The maximum Gasteiger partial charge on any atom is 0.311 e. The lowest BCUT2D eigenvalue weighted by Crippen LogP contribution is -2.34. The van der Waals surface area contributed by atoms with E-state index in [2.05, 4.69) is 31.8 Å². The van der Waals surface area contributed by atoms with Gasteiger partial charge in [-0.25, -0.2) is 5.43 Å². The number of phenolic OH excluding ortho intramolecular Hbond substituents is 1. The van der Waals surface area contributed by atoms with Crippen LogP contribution in [0, 0.1) is 10.1 Å². The van der Waals surface area contributed by atoms with Crippen molar-refractivity contribution in [3.8, 4) is 5.75 Å². The fourth-order valence-electron chi connectivity index (χ4n) is 1.85. The van der Waals surface area contributed by atoms with Gasteiger partial charge < -0.3 is 10.4 Å². The third-order valence-corrected chi connectivity index (χ3v) is 3.64. The Morgan fingerprint density at radius 1 is 1.23 bits per heavy atom. The van der Waals surface area contributed by atoms with E-state index in [4.69, 9.17) is 0 Å². The van der Waals surface area contributed by atoms with E-state index >= 15 is 0 Å². The van der Waals surface area contributed by atoms with Gasteiger partial charge in [-0.1, -0.05) is 15.9 Å². The van der Waals surface area contributed by atoms with E-state index in [1.807, 2.05) is 0 Å². The van der Waals surface area contributed by atoms with Crippen LogP contribution in [0.15, 0.2) is 52.0 Å². The molecule has 2 aromatic carbocycles. The number of nitrogens with one attached hydrogen (secondary N) is 2. The van der Waals surface area contributed by atoms with Gasteiger partial charge in [0.15, 0.2) is 5.75 Å². The average molecular weight is 421 g/mol. The Hall–Kier alpha value is -3.27. The van der Waals surface area contributed by atoms with Crippen LogP contribution < -0.4 is 10.7 Å². The number of hydrogen-bond acceptors (Lipinski definition) is 6. The lowest BCUT2D eigenvalue weighted by atomic mass is 10.2. The van der Waals surface area contributed by atoms with Gasteiger partial charge in [-0.2, -0.15) is 5.10 Å². The summed E-state index contributed by atoms with van der Waals surface area (Å²) < 4.78 is 0.829. The molecule has 2 rings (SSSR count). The average Bonchev–Trinajstić information content (AvgIpc) is 2.61. The Balaban J connectivity index is 1.85. The molecule has 0 spiro atoms. The van der Waals surface area contributed by atoms with Crippen molar-refractivity contribution in [1.29, 1.82) is 0 Å². The molecule has 0 unspecified atom stereocenters. The van der Waals surface area contributed by atoms with E-state index in [9.17, 15) is 24.8 Å². The number of carbonyl (C=O) groups excluding carboxylic acids is 2. The fourth-order valence-corrected chi connectivity index (χ4v) is 2.11. The highest BCUT2D eigenvalue weighted by atomic mass is 79.9. The molecule has 0 saturated heterocycles. The summed E-state index contributed by atoms with van der Waals surface area (Å²) in [5.74, 6) is -1.45. The molecular formula is C16H13BrN4O5. The first kappa shape index (κ1) is 19.1. The predicted octanol–water partition coefficient (Wildman–Crippen LogP) is 1.94. The molecule has 0 bridgehead atoms. The molecule has 0 aliphatic rings. The molecule has 0 heterocycles. The van der Waals surface area contributed by atoms with E-state index < -0.39 is 28.2 Å². The van der Waals surface area contributed by atoms with Gasteiger partial charge in [0.05, 0.1) is 17.7 Å². The molecule has 2 amide bonds. The third kappa shape index (κ3) is 5.38. The predicted molar refractivity (Wildman–Crippen MR) is 97.0 cm³/mol. The minimum Gasteiger partial charge on any atom is -0.502 e. The number of aromatic hydroxyl groups is 1. The quantitative estimate of drug-likeness (QED) is 0.372. The van der Waals surface area contributed by atoms with Crippen LogP contribution in [-0.4, -0.2) is 34.6 Å². The first-order chi connectivity index (χ1) is 12.4. The first-order valence-corrected chi connectivity index (χ1v) is 7.99. The highest BCUT2D eigenvalue weighted by Gasteiger charge is 2.12. The molecule has 9 nitrogen and oxygen atoms in total. The van der Waals surface area contributed by atoms with Gasteiger partial charge in [0.1, 0.15) is 0 Å². The number of phenols is 1. The molecule has 134 valence electrons. The zero-order chi connectivity index (χ0) is 19.1. The van der Waals surface area contributed by atoms with Crippen LogP contribution in [0.3, 0.4) is 0 Å². The summed E-state index contributed by atoms with van der Waals surface area (Å²) in [5.41, 5.74) is 2.43. The number of benzene rings is 2. The molecule has 0 aliphatic heterocycles.